The molecular formula is C21H19F3N6O. The van der Waals surface area contributed by atoms with Crippen LogP contribution in [0.15, 0.2) is 48.3 Å². The van der Waals surface area contributed by atoms with E-state index in [0.717, 1.165) is 44.1 Å². The van der Waals surface area contributed by atoms with Crippen molar-refractivity contribution in [1.82, 2.24) is 20.1 Å². The lowest BCUT2D eigenvalue weighted by Crippen LogP contribution is -2.44. The van der Waals surface area contributed by atoms with E-state index >= 15 is 0 Å². The average Bonchev–Trinajstić information content (AvgIpc) is 3.40. The van der Waals surface area contributed by atoms with Gasteiger partial charge in [-0.15, -0.1) is 0 Å². The molecule has 0 bridgehead atoms. The third-order valence-electron chi connectivity index (χ3n) is 5.72. The molecule has 0 fully saturated rings. The van der Waals surface area contributed by atoms with Crippen LogP contribution in [0.25, 0.3) is 10.9 Å². The summed E-state index contributed by atoms with van der Waals surface area (Å²) in [4.78, 5) is 16.7. The van der Waals surface area contributed by atoms with Crippen LogP contribution in [0.4, 0.5) is 30.4 Å². The van der Waals surface area contributed by atoms with E-state index in [0.29, 0.717) is 12.8 Å². The van der Waals surface area contributed by atoms with Gasteiger partial charge in [0.25, 0.3) is 0 Å². The summed E-state index contributed by atoms with van der Waals surface area (Å²) in [6.45, 7) is 0.0212. The first-order valence-corrected chi connectivity index (χ1v) is 9.88. The maximum atomic E-state index is 12.7. The van der Waals surface area contributed by atoms with Crippen LogP contribution in [-0.4, -0.2) is 51.3 Å². The molecular weight excluding hydrogens is 409 g/mol. The van der Waals surface area contributed by atoms with Crippen LogP contribution in [0, 0.1) is 0 Å². The molecule has 0 saturated carbocycles. The van der Waals surface area contributed by atoms with Gasteiger partial charge in [-0.2, -0.15) is 18.3 Å². The molecule has 4 heterocycles. The van der Waals surface area contributed by atoms with Crippen molar-refractivity contribution in [2.24, 2.45) is 0 Å². The van der Waals surface area contributed by atoms with Crippen LogP contribution in [-0.2, 0) is 11.2 Å². The van der Waals surface area contributed by atoms with E-state index < -0.39 is 12.1 Å². The highest BCUT2D eigenvalue weighted by atomic mass is 19.4. The van der Waals surface area contributed by atoms with Crippen LogP contribution >= 0.6 is 0 Å². The number of carbonyl (C=O) groups excluding carboxylic acids is 1. The Bertz CT molecular complexity index is 1190. The Labute approximate surface area is 175 Å². The predicted octanol–water partition coefficient (Wildman–Crippen LogP) is 3.76. The monoisotopic (exact) mass is 428 g/mol. The maximum Gasteiger partial charge on any atom is 0.471 e. The second-order valence-electron chi connectivity index (χ2n) is 7.66. The van der Waals surface area contributed by atoms with Crippen molar-refractivity contribution in [2.45, 2.75) is 25.1 Å². The number of rotatable bonds is 3. The van der Waals surface area contributed by atoms with Crippen molar-refractivity contribution in [1.29, 1.82) is 0 Å². The van der Waals surface area contributed by atoms with Gasteiger partial charge in [-0.25, -0.2) is 4.98 Å². The molecule has 10 heteroatoms. The van der Waals surface area contributed by atoms with E-state index in [1.165, 1.54) is 0 Å². The molecule has 31 heavy (non-hydrogen) atoms. The smallest absolute Gasteiger partial charge is 0.363 e. The Hall–Kier alpha value is -3.56. The summed E-state index contributed by atoms with van der Waals surface area (Å²) < 4.78 is 38.0. The second-order valence-corrected chi connectivity index (χ2v) is 7.66. The minimum absolute atomic E-state index is 0.0363. The molecule has 1 unspecified atom stereocenters. The van der Waals surface area contributed by atoms with Gasteiger partial charge in [0.2, 0.25) is 0 Å². The van der Waals surface area contributed by atoms with Crippen LogP contribution in [0.3, 0.4) is 0 Å². The molecule has 1 atom stereocenters. The number of amides is 1. The SMILES string of the molecule is O=C(N1CC=C(C2Cc3c(Nc4ccc5[nH]ncc5c4)ccnc3N2)CC1)C(F)(F)F. The van der Waals surface area contributed by atoms with Gasteiger partial charge in [0, 0.05) is 48.0 Å². The minimum atomic E-state index is -4.84. The van der Waals surface area contributed by atoms with E-state index in [1.807, 2.05) is 24.3 Å². The Kier molecular flexibility index (Phi) is 4.57. The highest BCUT2D eigenvalue weighted by molar-refractivity contribution is 5.84. The third-order valence-corrected chi connectivity index (χ3v) is 5.72. The molecule has 3 aromatic rings. The molecule has 0 saturated heterocycles. The maximum absolute atomic E-state index is 12.7. The van der Waals surface area contributed by atoms with E-state index in [2.05, 4.69) is 25.8 Å². The number of hydrogen-bond acceptors (Lipinski definition) is 5. The summed E-state index contributed by atoms with van der Waals surface area (Å²) in [7, 11) is 0. The molecule has 2 aromatic heterocycles. The van der Waals surface area contributed by atoms with E-state index in [4.69, 9.17) is 0 Å². The van der Waals surface area contributed by atoms with E-state index in [1.54, 1.807) is 18.5 Å². The quantitative estimate of drug-likeness (QED) is 0.553. The first-order valence-electron chi connectivity index (χ1n) is 9.88. The fourth-order valence-electron chi connectivity index (χ4n) is 4.13. The average molecular weight is 428 g/mol. The lowest BCUT2D eigenvalue weighted by atomic mass is 9.97. The molecule has 1 amide bonds. The Morgan fingerprint density at radius 3 is 2.90 bits per heavy atom. The number of H-pyrrole nitrogens is 1. The van der Waals surface area contributed by atoms with Crippen LogP contribution in [0.5, 0.6) is 0 Å². The van der Waals surface area contributed by atoms with Crippen molar-refractivity contribution in [2.75, 3.05) is 23.7 Å². The van der Waals surface area contributed by atoms with Gasteiger partial charge < -0.3 is 15.5 Å². The Morgan fingerprint density at radius 1 is 1.26 bits per heavy atom. The van der Waals surface area contributed by atoms with Gasteiger partial charge in [0.05, 0.1) is 17.8 Å². The fourth-order valence-corrected chi connectivity index (χ4v) is 4.13. The fraction of sp³-hybridized carbons (Fsp3) is 0.286. The van der Waals surface area contributed by atoms with Crippen LogP contribution < -0.4 is 10.6 Å². The van der Waals surface area contributed by atoms with Crippen molar-refractivity contribution in [3.8, 4) is 0 Å². The molecule has 160 valence electrons. The summed E-state index contributed by atoms with van der Waals surface area (Å²) in [6.07, 6.45) is 1.42. The number of aromatic amines is 1. The molecule has 2 aliphatic heterocycles. The summed E-state index contributed by atoms with van der Waals surface area (Å²) in [5.41, 5.74) is 4.82. The predicted molar refractivity (Wildman–Crippen MR) is 110 cm³/mol. The highest BCUT2D eigenvalue weighted by Gasteiger charge is 2.43. The van der Waals surface area contributed by atoms with Crippen molar-refractivity contribution in [3.63, 3.8) is 0 Å². The molecule has 0 aliphatic carbocycles. The summed E-state index contributed by atoms with van der Waals surface area (Å²) in [5, 5.41) is 14.8. The topological polar surface area (TPSA) is 85.9 Å². The van der Waals surface area contributed by atoms with E-state index in [9.17, 15) is 18.0 Å². The van der Waals surface area contributed by atoms with Crippen molar-refractivity contribution >= 4 is 34.0 Å². The van der Waals surface area contributed by atoms with Crippen LogP contribution in [0.1, 0.15) is 12.0 Å². The van der Waals surface area contributed by atoms with E-state index in [-0.39, 0.29) is 19.1 Å². The lowest BCUT2D eigenvalue weighted by molar-refractivity contribution is -0.185. The second kappa shape index (κ2) is 7.29. The number of carbonyl (C=O) groups is 1. The number of aromatic nitrogens is 3. The molecule has 0 radical (unpaired) electrons. The summed E-state index contributed by atoms with van der Waals surface area (Å²) >= 11 is 0. The number of hydrogen-bond donors (Lipinski definition) is 3. The molecule has 7 nitrogen and oxygen atoms in total. The van der Waals surface area contributed by atoms with Crippen molar-refractivity contribution in [3.05, 3.63) is 53.9 Å². The molecule has 0 spiro atoms. The van der Waals surface area contributed by atoms with Gasteiger partial charge >= 0.3 is 12.1 Å². The zero-order chi connectivity index (χ0) is 21.6. The van der Waals surface area contributed by atoms with Gasteiger partial charge in [0.15, 0.2) is 0 Å². The van der Waals surface area contributed by atoms with Gasteiger partial charge in [-0.3, -0.25) is 9.89 Å². The highest BCUT2D eigenvalue weighted by Crippen LogP contribution is 2.36. The number of nitrogens with one attached hydrogen (secondary N) is 3. The van der Waals surface area contributed by atoms with Crippen LogP contribution in [0.2, 0.25) is 0 Å². The largest absolute Gasteiger partial charge is 0.471 e. The molecule has 5 rings (SSSR count). The van der Waals surface area contributed by atoms with Gasteiger partial charge in [-0.1, -0.05) is 6.08 Å². The van der Waals surface area contributed by atoms with Gasteiger partial charge in [-0.05, 0) is 36.3 Å². The number of halogens is 3. The third kappa shape index (κ3) is 3.69. The van der Waals surface area contributed by atoms with Crippen molar-refractivity contribution < 1.29 is 18.0 Å². The number of benzene rings is 1. The lowest BCUT2D eigenvalue weighted by Gasteiger charge is -2.29. The zero-order valence-electron chi connectivity index (χ0n) is 16.3. The standard InChI is InChI=1S/C21H19F3N6O/c22-21(23,24)20(31)30-7-4-12(5-8-30)18-10-15-17(3-6-25-19(15)28-18)27-14-1-2-16-13(9-14)11-26-29-16/h1-4,6,9,11,18H,5,7-8,10H2,(H,26,29)(H2,25,27,28). The first kappa shape index (κ1) is 19.4. The summed E-state index contributed by atoms with van der Waals surface area (Å²) in [5.74, 6) is -1.03. The normalized spacial score (nSPS) is 18.5. The van der Waals surface area contributed by atoms with Gasteiger partial charge in [0.1, 0.15) is 5.82 Å². The first-order chi connectivity index (χ1) is 14.9. The minimum Gasteiger partial charge on any atom is -0.363 e. The number of anilines is 3. The summed E-state index contributed by atoms with van der Waals surface area (Å²) in [6, 6.07) is 7.77. The molecule has 1 aromatic carbocycles. The number of alkyl halides is 3. The molecule has 2 aliphatic rings. The Morgan fingerprint density at radius 2 is 2.13 bits per heavy atom. The Balaban J connectivity index is 1.31. The number of fused-ring (bicyclic) bond motifs is 2. The zero-order valence-corrected chi connectivity index (χ0v) is 16.3. The number of nitrogens with zero attached hydrogens (tertiary/aromatic N) is 3. The number of pyridine rings is 1. The molecule has 3 N–H and O–H groups in total.